The summed E-state index contributed by atoms with van der Waals surface area (Å²) in [4.78, 5) is 11.3. The molecule has 1 aromatic carbocycles. The van der Waals surface area contributed by atoms with Crippen LogP contribution in [-0.2, 0) is 11.2 Å². The van der Waals surface area contributed by atoms with Crippen molar-refractivity contribution in [2.24, 2.45) is 0 Å². The van der Waals surface area contributed by atoms with Crippen LogP contribution in [0.25, 0.3) is 0 Å². The molecule has 0 heterocycles. The van der Waals surface area contributed by atoms with E-state index in [4.69, 9.17) is 0 Å². The largest absolute Gasteiger partial charge is 0.296 e. The lowest BCUT2D eigenvalue weighted by Crippen LogP contribution is -2.31. The summed E-state index contributed by atoms with van der Waals surface area (Å²) in [5.41, 5.74) is 5.27. The Morgan fingerprint density at radius 2 is 1.87 bits per heavy atom. The van der Waals surface area contributed by atoms with Crippen LogP contribution in [0.1, 0.15) is 25.8 Å². The van der Waals surface area contributed by atoms with Crippen LogP contribution in [-0.4, -0.2) is 18.0 Å². The van der Waals surface area contributed by atoms with Gasteiger partial charge in [-0.15, -0.1) is 0 Å². The molecule has 0 saturated heterocycles. The number of benzene rings is 1. The van der Waals surface area contributed by atoms with Crippen molar-refractivity contribution < 1.29 is 4.79 Å². The zero-order valence-corrected chi connectivity index (χ0v) is 9.58. The minimum Gasteiger partial charge on any atom is -0.296 e. The number of rotatable bonds is 4. The highest BCUT2D eigenvalue weighted by atomic mass is 16.2. The van der Waals surface area contributed by atoms with Gasteiger partial charge < -0.3 is 0 Å². The second-order valence-corrected chi connectivity index (χ2v) is 3.47. The first-order valence-electron chi connectivity index (χ1n) is 5.29. The van der Waals surface area contributed by atoms with Crippen LogP contribution in [0.15, 0.2) is 24.3 Å². The monoisotopic (exact) mass is 206 g/mol. The molecule has 0 aliphatic heterocycles. The van der Waals surface area contributed by atoms with E-state index in [9.17, 15) is 4.79 Å². The second-order valence-electron chi connectivity index (χ2n) is 3.47. The first-order chi connectivity index (χ1) is 7.17. The summed E-state index contributed by atoms with van der Waals surface area (Å²) in [5, 5.41) is 1.51. The lowest BCUT2D eigenvalue weighted by atomic mass is 10.2. The molecule has 3 heteroatoms. The van der Waals surface area contributed by atoms with Crippen LogP contribution >= 0.6 is 0 Å². The lowest BCUT2D eigenvalue weighted by Gasteiger charge is -2.18. The molecule has 0 aliphatic rings. The predicted octanol–water partition coefficient (Wildman–Crippen LogP) is 2.44. The second kappa shape index (κ2) is 5.39. The van der Waals surface area contributed by atoms with Gasteiger partial charge in [-0.1, -0.05) is 26.0 Å². The number of nitrogens with one attached hydrogen (secondary N) is 1. The topological polar surface area (TPSA) is 32.3 Å². The fourth-order valence-electron chi connectivity index (χ4n) is 1.31. The van der Waals surface area contributed by atoms with E-state index in [2.05, 4.69) is 24.5 Å². The Bertz CT molecular complexity index is 319. The van der Waals surface area contributed by atoms with Crippen LogP contribution in [0, 0.1) is 0 Å². The first kappa shape index (κ1) is 11.6. The molecule has 15 heavy (non-hydrogen) atoms. The summed E-state index contributed by atoms with van der Waals surface area (Å²) in [7, 11) is 1.74. The molecule has 82 valence electrons. The van der Waals surface area contributed by atoms with Crippen LogP contribution in [0.2, 0.25) is 0 Å². The number of nitrogens with zero attached hydrogens (tertiary/aromatic N) is 1. The Labute approximate surface area is 91.1 Å². The van der Waals surface area contributed by atoms with Gasteiger partial charge in [0.2, 0.25) is 5.91 Å². The van der Waals surface area contributed by atoms with Crippen molar-refractivity contribution in [1.82, 2.24) is 5.01 Å². The van der Waals surface area contributed by atoms with Gasteiger partial charge >= 0.3 is 0 Å². The third kappa shape index (κ3) is 3.27. The number of carbonyl (C=O) groups excluding carboxylic acids is 1. The molecule has 0 aromatic heterocycles. The van der Waals surface area contributed by atoms with Crippen molar-refractivity contribution in [2.75, 3.05) is 12.5 Å². The van der Waals surface area contributed by atoms with Crippen molar-refractivity contribution in [1.29, 1.82) is 0 Å². The average molecular weight is 206 g/mol. The summed E-state index contributed by atoms with van der Waals surface area (Å²) in [6, 6.07) is 8.09. The van der Waals surface area contributed by atoms with E-state index in [0.29, 0.717) is 6.42 Å². The van der Waals surface area contributed by atoms with Gasteiger partial charge in [0.15, 0.2) is 0 Å². The Morgan fingerprint density at radius 1 is 1.27 bits per heavy atom. The maximum absolute atomic E-state index is 11.3. The zero-order chi connectivity index (χ0) is 11.3. The van der Waals surface area contributed by atoms with Gasteiger partial charge in [0.25, 0.3) is 0 Å². The van der Waals surface area contributed by atoms with Gasteiger partial charge in [-0.05, 0) is 24.1 Å². The number of carbonyl (C=O) groups is 1. The maximum atomic E-state index is 11.3. The van der Waals surface area contributed by atoms with E-state index in [-0.39, 0.29) is 5.91 Å². The third-order valence-corrected chi connectivity index (χ3v) is 2.34. The van der Waals surface area contributed by atoms with Gasteiger partial charge in [-0.2, -0.15) is 0 Å². The van der Waals surface area contributed by atoms with Crippen molar-refractivity contribution >= 4 is 11.6 Å². The summed E-state index contributed by atoms with van der Waals surface area (Å²) >= 11 is 0. The molecule has 0 aliphatic carbocycles. The summed E-state index contributed by atoms with van der Waals surface area (Å²) in [6.07, 6.45) is 1.54. The Morgan fingerprint density at radius 3 is 2.33 bits per heavy atom. The highest BCUT2D eigenvalue weighted by molar-refractivity contribution is 5.76. The van der Waals surface area contributed by atoms with Crippen LogP contribution < -0.4 is 5.43 Å². The van der Waals surface area contributed by atoms with E-state index >= 15 is 0 Å². The molecule has 1 rings (SSSR count). The number of hydrogen-bond donors (Lipinski definition) is 1. The highest BCUT2D eigenvalue weighted by Crippen LogP contribution is 2.10. The molecule has 3 nitrogen and oxygen atoms in total. The lowest BCUT2D eigenvalue weighted by molar-refractivity contribution is -0.128. The van der Waals surface area contributed by atoms with Crippen LogP contribution in [0.5, 0.6) is 0 Å². The molecular formula is C12H18N2O. The molecule has 1 aromatic rings. The minimum atomic E-state index is 0.0783. The number of hydrogen-bond acceptors (Lipinski definition) is 2. The van der Waals surface area contributed by atoms with Gasteiger partial charge in [-0.25, -0.2) is 0 Å². The van der Waals surface area contributed by atoms with Gasteiger partial charge in [0, 0.05) is 13.5 Å². The van der Waals surface area contributed by atoms with E-state index in [1.165, 1.54) is 10.6 Å². The first-order valence-corrected chi connectivity index (χ1v) is 5.29. The number of amides is 1. The highest BCUT2D eigenvalue weighted by Gasteiger charge is 2.04. The Hall–Kier alpha value is -1.51. The van der Waals surface area contributed by atoms with Crippen LogP contribution in [0.4, 0.5) is 5.69 Å². The molecule has 1 amide bonds. The fraction of sp³-hybridized carbons (Fsp3) is 0.417. The molecule has 0 spiro atoms. The summed E-state index contributed by atoms with van der Waals surface area (Å²) < 4.78 is 0. The normalized spacial score (nSPS) is 9.80. The molecular weight excluding hydrogens is 188 g/mol. The molecule has 0 atom stereocenters. The number of hydrazine groups is 1. The fourth-order valence-corrected chi connectivity index (χ4v) is 1.31. The van der Waals surface area contributed by atoms with Crippen molar-refractivity contribution in [2.45, 2.75) is 26.7 Å². The average Bonchev–Trinajstić information content (AvgIpc) is 2.29. The molecule has 0 bridgehead atoms. The zero-order valence-electron chi connectivity index (χ0n) is 9.58. The Balaban J connectivity index is 2.60. The standard InChI is InChI=1S/C12H18N2O/c1-4-10-6-8-11(9-7-10)13-14(3)12(15)5-2/h6-9,13H,4-5H2,1-3H3. The number of anilines is 1. The maximum Gasteiger partial charge on any atom is 0.240 e. The smallest absolute Gasteiger partial charge is 0.240 e. The molecule has 0 saturated carbocycles. The molecule has 0 fully saturated rings. The minimum absolute atomic E-state index is 0.0783. The molecule has 0 unspecified atom stereocenters. The predicted molar refractivity (Wildman–Crippen MR) is 62.5 cm³/mol. The molecule has 1 N–H and O–H groups in total. The van der Waals surface area contributed by atoms with E-state index < -0.39 is 0 Å². The van der Waals surface area contributed by atoms with Gasteiger partial charge in [-0.3, -0.25) is 15.2 Å². The van der Waals surface area contributed by atoms with Crippen molar-refractivity contribution in [3.05, 3.63) is 29.8 Å². The Kier molecular flexibility index (Phi) is 4.16. The SMILES string of the molecule is CCC(=O)N(C)Nc1ccc(CC)cc1. The third-order valence-electron chi connectivity index (χ3n) is 2.34. The van der Waals surface area contributed by atoms with E-state index in [1.807, 2.05) is 19.1 Å². The summed E-state index contributed by atoms with van der Waals surface area (Å²) in [5.74, 6) is 0.0783. The van der Waals surface area contributed by atoms with Crippen LogP contribution in [0.3, 0.4) is 0 Å². The van der Waals surface area contributed by atoms with Crippen molar-refractivity contribution in [3.8, 4) is 0 Å². The van der Waals surface area contributed by atoms with Crippen molar-refractivity contribution in [3.63, 3.8) is 0 Å². The quantitative estimate of drug-likeness (QED) is 0.767. The van der Waals surface area contributed by atoms with E-state index in [1.54, 1.807) is 7.05 Å². The summed E-state index contributed by atoms with van der Waals surface area (Å²) in [6.45, 7) is 3.97. The van der Waals surface area contributed by atoms with E-state index in [0.717, 1.165) is 12.1 Å². The molecule has 0 radical (unpaired) electrons. The van der Waals surface area contributed by atoms with Gasteiger partial charge in [0.1, 0.15) is 0 Å². The number of aryl methyl sites for hydroxylation is 1. The van der Waals surface area contributed by atoms with Gasteiger partial charge in [0.05, 0.1) is 5.69 Å².